The number of benzene rings is 1. The van der Waals surface area contributed by atoms with Gasteiger partial charge in [0.15, 0.2) is 0 Å². The van der Waals surface area contributed by atoms with Gasteiger partial charge in [-0.1, -0.05) is 0 Å². The number of nitrogens with zero attached hydrogens (tertiary/aromatic N) is 1. The van der Waals surface area contributed by atoms with E-state index >= 15 is 0 Å². The third kappa shape index (κ3) is 4.54. The Balaban J connectivity index is 2.73. The van der Waals surface area contributed by atoms with Gasteiger partial charge in [-0.2, -0.15) is 0 Å². The largest absolute Gasteiger partial charge is 0.480 e. The van der Waals surface area contributed by atoms with Crippen molar-refractivity contribution in [1.29, 1.82) is 0 Å². The van der Waals surface area contributed by atoms with Crippen molar-refractivity contribution < 1.29 is 19.6 Å². The van der Waals surface area contributed by atoms with Crippen LogP contribution in [0.4, 0.5) is 5.69 Å². The molecule has 0 aliphatic rings. The highest BCUT2D eigenvalue weighted by atomic mass is 32.2. The summed E-state index contributed by atoms with van der Waals surface area (Å²) >= 11 is 1.22. The molecule has 0 spiro atoms. The second-order valence-corrected chi connectivity index (χ2v) is 5.20. The van der Waals surface area contributed by atoms with Crippen LogP contribution < -0.4 is 5.32 Å². The fourth-order valence-corrected chi connectivity index (χ4v) is 2.53. The summed E-state index contributed by atoms with van der Waals surface area (Å²) in [5.41, 5.74) is 0.525. The number of nitrogens with one attached hydrogen (secondary N) is 1. The zero-order valence-electron chi connectivity index (χ0n) is 11.0. The number of hydrogen-bond donors (Lipinski definition) is 2. The first kappa shape index (κ1) is 16.0. The molecule has 0 aromatic heterocycles. The fourth-order valence-electron chi connectivity index (χ4n) is 1.52. The molecule has 0 unspecified atom stereocenters. The molecule has 1 aromatic carbocycles. The van der Waals surface area contributed by atoms with E-state index in [1.165, 1.54) is 24.8 Å². The first-order valence-electron chi connectivity index (χ1n) is 5.69. The molecule has 0 radical (unpaired) electrons. The summed E-state index contributed by atoms with van der Waals surface area (Å²) in [7, 11) is 0. The lowest BCUT2D eigenvalue weighted by Gasteiger charge is -2.12. The molecular weight excluding hydrogens is 284 g/mol. The van der Waals surface area contributed by atoms with Gasteiger partial charge in [0, 0.05) is 29.2 Å². The molecule has 0 aliphatic heterocycles. The lowest BCUT2D eigenvalue weighted by Crippen LogP contribution is -2.41. The Bertz CT molecular complexity index is 547. The Labute approximate surface area is 119 Å². The number of carbonyl (C=O) groups is 2. The number of rotatable bonds is 6. The van der Waals surface area contributed by atoms with Gasteiger partial charge in [0.05, 0.1) is 4.92 Å². The van der Waals surface area contributed by atoms with E-state index in [2.05, 4.69) is 5.32 Å². The topological polar surface area (TPSA) is 110 Å². The van der Waals surface area contributed by atoms with Gasteiger partial charge in [0.2, 0.25) is 5.91 Å². The third-order valence-electron chi connectivity index (χ3n) is 2.46. The molecule has 0 bridgehead atoms. The van der Waals surface area contributed by atoms with Crippen LogP contribution in [0.15, 0.2) is 23.1 Å². The fraction of sp³-hybridized carbons (Fsp3) is 0.333. The number of aliphatic carboxylic acids is 1. The lowest BCUT2D eigenvalue weighted by molar-refractivity contribution is -0.385. The molecule has 8 heteroatoms. The van der Waals surface area contributed by atoms with Crippen LogP contribution in [0.25, 0.3) is 0 Å². The molecule has 0 aliphatic carbocycles. The summed E-state index contributed by atoms with van der Waals surface area (Å²) in [5.74, 6) is -1.39. The molecule has 1 atom stereocenters. The van der Waals surface area contributed by atoms with Crippen molar-refractivity contribution >= 4 is 29.3 Å². The molecule has 1 rings (SSSR count). The molecule has 0 saturated carbocycles. The molecule has 0 saturated heterocycles. The van der Waals surface area contributed by atoms with Crippen LogP contribution in [-0.4, -0.2) is 33.7 Å². The molecule has 1 aromatic rings. The smallest absolute Gasteiger partial charge is 0.327 e. The molecule has 108 valence electrons. The minimum atomic E-state index is -1.12. The molecular formula is C12H14N2O5S. The van der Waals surface area contributed by atoms with E-state index in [-0.39, 0.29) is 11.4 Å². The predicted octanol–water partition coefficient (Wildman–Crippen LogP) is 1.58. The molecule has 2 N–H and O–H groups in total. The number of carbonyl (C=O) groups excluding carboxylic acids is 1. The standard InChI is InChI=1S/C12H14N2O5S/c1-7-5-9(3-4-11(7)14(18)19)20-6-10(12(16)17)13-8(2)15/h3-5,10H,6H2,1-2H3,(H,13,15)(H,16,17)/t10-/m0/s1. The quantitative estimate of drug-likeness (QED) is 0.469. The average molecular weight is 298 g/mol. The number of amides is 1. The highest BCUT2D eigenvalue weighted by molar-refractivity contribution is 7.99. The summed E-state index contributed by atoms with van der Waals surface area (Å²) < 4.78 is 0. The molecule has 0 heterocycles. The first-order valence-corrected chi connectivity index (χ1v) is 6.67. The number of hydrogen-bond acceptors (Lipinski definition) is 5. The van der Waals surface area contributed by atoms with Crippen LogP contribution in [0, 0.1) is 17.0 Å². The van der Waals surface area contributed by atoms with Crippen molar-refractivity contribution in [1.82, 2.24) is 5.32 Å². The molecule has 7 nitrogen and oxygen atoms in total. The zero-order chi connectivity index (χ0) is 15.3. The number of nitro groups is 1. The van der Waals surface area contributed by atoms with Crippen molar-refractivity contribution in [2.45, 2.75) is 24.8 Å². The zero-order valence-corrected chi connectivity index (χ0v) is 11.8. The molecule has 1 amide bonds. The number of carboxylic acid groups (broad SMARTS) is 1. The highest BCUT2D eigenvalue weighted by Gasteiger charge is 2.19. The molecule has 20 heavy (non-hydrogen) atoms. The van der Waals surface area contributed by atoms with Crippen molar-refractivity contribution in [3.63, 3.8) is 0 Å². The van der Waals surface area contributed by atoms with Crippen molar-refractivity contribution in [3.8, 4) is 0 Å². The van der Waals surface area contributed by atoms with E-state index in [1.807, 2.05) is 0 Å². The second-order valence-electron chi connectivity index (χ2n) is 4.11. The normalized spacial score (nSPS) is 11.7. The van der Waals surface area contributed by atoms with Gasteiger partial charge in [-0.05, 0) is 19.1 Å². The van der Waals surface area contributed by atoms with Crippen molar-refractivity contribution in [3.05, 3.63) is 33.9 Å². The summed E-state index contributed by atoms with van der Waals surface area (Å²) in [4.78, 5) is 32.8. The monoisotopic (exact) mass is 298 g/mol. The second kappa shape index (κ2) is 6.90. The number of thioether (sulfide) groups is 1. The number of nitro benzene ring substituents is 1. The first-order chi connectivity index (χ1) is 9.31. The Morgan fingerprint density at radius 3 is 2.60 bits per heavy atom. The van der Waals surface area contributed by atoms with E-state index in [9.17, 15) is 19.7 Å². The Hall–Kier alpha value is -2.09. The summed E-state index contributed by atoms with van der Waals surface area (Å²) in [6.45, 7) is 2.86. The number of carboxylic acids is 1. The highest BCUT2D eigenvalue weighted by Crippen LogP contribution is 2.25. The van der Waals surface area contributed by atoms with Gasteiger partial charge < -0.3 is 10.4 Å². The predicted molar refractivity (Wildman–Crippen MR) is 73.8 cm³/mol. The summed E-state index contributed by atoms with van der Waals surface area (Å²) in [6, 6.07) is 3.57. The maximum absolute atomic E-state index is 10.9. The Morgan fingerprint density at radius 2 is 2.15 bits per heavy atom. The number of aryl methyl sites for hydroxylation is 1. The summed E-state index contributed by atoms with van der Waals surface area (Å²) in [6.07, 6.45) is 0. The van der Waals surface area contributed by atoms with Crippen LogP contribution in [0.2, 0.25) is 0 Å². The van der Waals surface area contributed by atoms with Crippen LogP contribution in [0.5, 0.6) is 0 Å². The minimum Gasteiger partial charge on any atom is -0.480 e. The van der Waals surface area contributed by atoms with E-state index < -0.39 is 22.8 Å². The van der Waals surface area contributed by atoms with Crippen LogP contribution in [0.3, 0.4) is 0 Å². The van der Waals surface area contributed by atoms with Crippen LogP contribution >= 0.6 is 11.8 Å². The lowest BCUT2D eigenvalue weighted by atomic mass is 10.2. The van der Waals surface area contributed by atoms with E-state index in [4.69, 9.17) is 5.11 Å². The van der Waals surface area contributed by atoms with E-state index in [0.29, 0.717) is 10.5 Å². The van der Waals surface area contributed by atoms with Gasteiger partial charge in [-0.15, -0.1) is 11.8 Å². The third-order valence-corrected chi connectivity index (χ3v) is 3.54. The summed E-state index contributed by atoms with van der Waals surface area (Å²) in [5, 5.41) is 22.0. The van der Waals surface area contributed by atoms with Crippen molar-refractivity contribution in [2.75, 3.05) is 5.75 Å². The minimum absolute atomic E-state index is 0.0194. The van der Waals surface area contributed by atoms with Gasteiger partial charge in [0.1, 0.15) is 6.04 Å². The Kier molecular flexibility index (Phi) is 5.51. The van der Waals surface area contributed by atoms with Gasteiger partial charge >= 0.3 is 5.97 Å². The van der Waals surface area contributed by atoms with Crippen LogP contribution in [-0.2, 0) is 9.59 Å². The van der Waals surface area contributed by atoms with E-state index in [0.717, 1.165) is 0 Å². The maximum Gasteiger partial charge on any atom is 0.327 e. The van der Waals surface area contributed by atoms with Gasteiger partial charge in [-0.25, -0.2) is 4.79 Å². The van der Waals surface area contributed by atoms with E-state index in [1.54, 1.807) is 19.1 Å². The van der Waals surface area contributed by atoms with Crippen molar-refractivity contribution in [2.24, 2.45) is 0 Å². The average Bonchev–Trinajstić information content (AvgIpc) is 2.33. The SMILES string of the molecule is CC(=O)N[C@@H](CSc1ccc([N+](=O)[O-])c(C)c1)C(=O)O. The molecule has 0 fully saturated rings. The Morgan fingerprint density at radius 1 is 1.50 bits per heavy atom. The maximum atomic E-state index is 10.9. The van der Waals surface area contributed by atoms with Gasteiger partial charge in [-0.3, -0.25) is 14.9 Å². The van der Waals surface area contributed by atoms with Gasteiger partial charge in [0.25, 0.3) is 5.69 Å². The van der Waals surface area contributed by atoms with Crippen LogP contribution in [0.1, 0.15) is 12.5 Å².